The number of carboxylic acid groups (broad SMARTS) is 1. The highest BCUT2D eigenvalue weighted by Crippen LogP contribution is 2.42. The number of nitrogens with one attached hydrogen (secondary N) is 1. The fourth-order valence-corrected chi connectivity index (χ4v) is 3.41. The average Bonchev–Trinajstić information content (AvgIpc) is 2.45. The standard InChI is InChI=1S/C17H24F3N3O2/c1-16(2,3)14-9-11(22-15(24)25)6-7-23(14)13-5-4-10(21)8-12(13)17(18,19)20/h4-5,8,11,14,22H,6-7,9,21H2,1-3H3,(H,24,25). The lowest BCUT2D eigenvalue weighted by molar-refractivity contribution is -0.137. The van der Waals surface area contributed by atoms with Crippen LogP contribution in [-0.2, 0) is 6.18 Å². The Kier molecular flexibility index (Phi) is 5.11. The first-order valence-electron chi connectivity index (χ1n) is 8.12. The predicted molar refractivity (Wildman–Crippen MR) is 90.6 cm³/mol. The second kappa shape index (κ2) is 6.65. The molecule has 0 aliphatic carbocycles. The summed E-state index contributed by atoms with van der Waals surface area (Å²) in [5, 5.41) is 11.4. The predicted octanol–water partition coefficient (Wildman–Crippen LogP) is 3.94. The van der Waals surface area contributed by atoms with Crippen LogP contribution in [0.3, 0.4) is 0 Å². The molecule has 1 heterocycles. The monoisotopic (exact) mass is 359 g/mol. The lowest BCUT2D eigenvalue weighted by Gasteiger charge is -2.47. The first kappa shape index (κ1) is 19.2. The number of hydrogen-bond donors (Lipinski definition) is 3. The highest BCUT2D eigenvalue weighted by molar-refractivity contribution is 5.65. The Morgan fingerprint density at radius 2 is 1.96 bits per heavy atom. The molecule has 1 aliphatic rings. The van der Waals surface area contributed by atoms with Gasteiger partial charge in [-0.15, -0.1) is 0 Å². The molecule has 5 nitrogen and oxygen atoms in total. The molecule has 1 aromatic carbocycles. The summed E-state index contributed by atoms with van der Waals surface area (Å²) in [6.07, 6.45) is -4.74. The summed E-state index contributed by atoms with van der Waals surface area (Å²) in [4.78, 5) is 12.6. The number of carbonyl (C=O) groups is 1. The molecule has 2 atom stereocenters. The van der Waals surface area contributed by atoms with Gasteiger partial charge in [-0.1, -0.05) is 20.8 Å². The van der Waals surface area contributed by atoms with E-state index < -0.39 is 17.8 Å². The van der Waals surface area contributed by atoms with Crippen LogP contribution in [0.5, 0.6) is 0 Å². The van der Waals surface area contributed by atoms with E-state index >= 15 is 0 Å². The van der Waals surface area contributed by atoms with E-state index in [9.17, 15) is 18.0 Å². The van der Waals surface area contributed by atoms with Gasteiger partial charge in [-0.2, -0.15) is 13.2 Å². The van der Waals surface area contributed by atoms with Crippen molar-refractivity contribution >= 4 is 17.5 Å². The van der Waals surface area contributed by atoms with Crippen molar-refractivity contribution < 1.29 is 23.1 Å². The van der Waals surface area contributed by atoms with Gasteiger partial charge in [-0.05, 0) is 36.5 Å². The Morgan fingerprint density at radius 3 is 2.48 bits per heavy atom. The Balaban J connectivity index is 2.42. The summed E-state index contributed by atoms with van der Waals surface area (Å²) >= 11 is 0. The average molecular weight is 359 g/mol. The van der Waals surface area contributed by atoms with Crippen LogP contribution < -0.4 is 16.0 Å². The second-order valence-corrected chi connectivity index (χ2v) is 7.52. The van der Waals surface area contributed by atoms with Gasteiger partial charge in [-0.25, -0.2) is 4.79 Å². The van der Waals surface area contributed by atoms with E-state index in [1.165, 1.54) is 12.1 Å². The zero-order chi connectivity index (χ0) is 19.0. The maximum Gasteiger partial charge on any atom is 0.418 e. The topological polar surface area (TPSA) is 78.6 Å². The minimum atomic E-state index is -4.51. The maximum atomic E-state index is 13.5. The summed E-state index contributed by atoms with van der Waals surface area (Å²) in [6.45, 7) is 6.16. The summed E-state index contributed by atoms with van der Waals surface area (Å²) in [6, 6.07) is 3.30. The summed E-state index contributed by atoms with van der Waals surface area (Å²) in [5.74, 6) is 0. The molecule has 0 radical (unpaired) electrons. The van der Waals surface area contributed by atoms with Gasteiger partial charge in [-0.3, -0.25) is 0 Å². The van der Waals surface area contributed by atoms with Crippen molar-refractivity contribution in [2.24, 2.45) is 5.41 Å². The van der Waals surface area contributed by atoms with Crippen molar-refractivity contribution in [2.75, 3.05) is 17.2 Å². The van der Waals surface area contributed by atoms with Gasteiger partial charge in [0.2, 0.25) is 0 Å². The number of benzene rings is 1. The van der Waals surface area contributed by atoms with Crippen LogP contribution in [0.1, 0.15) is 39.2 Å². The van der Waals surface area contributed by atoms with Crippen molar-refractivity contribution in [1.82, 2.24) is 5.32 Å². The van der Waals surface area contributed by atoms with Crippen LogP contribution in [0.4, 0.5) is 29.3 Å². The van der Waals surface area contributed by atoms with E-state index in [0.29, 0.717) is 19.4 Å². The summed E-state index contributed by atoms with van der Waals surface area (Å²) in [5.41, 5.74) is 4.62. The number of halogens is 3. The van der Waals surface area contributed by atoms with Crippen molar-refractivity contribution in [3.05, 3.63) is 23.8 Å². The molecular formula is C17H24F3N3O2. The molecule has 140 valence electrons. The summed E-state index contributed by atoms with van der Waals surface area (Å²) in [7, 11) is 0. The highest BCUT2D eigenvalue weighted by atomic mass is 19.4. The normalized spacial score (nSPS) is 21.9. The van der Waals surface area contributed by atoms with Gasteiger partial charge in [0.05, 0.1) is 5.56 Å². The minimum absolute atomic E-state index is 0.0609. The maximum absolute atomic E-state index is 13.5. The van der Waals surface area contributed by atoms with Crippen molar-refractivity contribution in [3.8, 4) is 0 Å². The molecule has 0 aromatic heterocycles. The zero-order valence-electron chi connectivity index (χ0n) is 14.5. The van der Waals surface area contributed by atoms with Crippen LogP contribution >= 0.6 is 0 Å². The van der Waals surface area contributed by atoms with E-state index in [1.54, 1.807) is 4.90 Å². The number of anilines is 2. The lowest BCUT2D eigenvalue weighted by Crippen LogP contribution is -2.55. The Morgan fingerprint density at radius 1 is 1.32 bits per heavy atom. The fraction of sp³-hybridized carbons (Fsp3) is 0.588. The summed E-state index contributed by atoms with van der Waals surface area (Å²) < 4.78 is 40.5. The third-order valence-corrected chi connectivity index (χ3v) is 4.57. The smallest absolute Gasteiger partial charge is 0.418 e. The van der Waals surface area contributed by atoms with Crippen molar-refractivity contribution in [1.29, 1.82) is 0 Å². The SMILES string of the molecule is CC(C)(C)C1CC(NC(=O)O)CCN1c1ccc(N)cc1C(F)(F)F. The third-order valence-electron chi connectivity index (χ3n) is 4.57. The molecule has 2 rings (SSSR count). The van der Waals surface area contributed by atoms with Crippen LogP contribution in [0.15, 0.2) is 18.2 Å². The lowest BCUT2D eigenvalue weighted by atomic mass is 9.78. The first-order valence-corrected chi connectivity index (χ1v) is 8.12. The molecule has 1 aliphatic heterocycles. The number of piperidine rings is 1. The Labute approximate surface area is 145 Å². The number of rotatable bonds is 2. The molecule has 1 saturated heterocycles. The third kappa shape index (κ3) is 4.49. The Hall–Kier alpha value is -2.12. The van der Waals surface area contributed by atoms with Crippen LogP contribution in [0.25, 0.3) is 0 Å². The molecule has 0 bridgehead atoms. The van der Waals surface area contributed by atoms with Gasteiger partial charge in [0.1, 0.15) is 0 Å². The number of hydrogen-bond acceptors (Lipinski definition) is 3. The van der Waals surface area contributed by atoms with Crippen LogP contribution in [0.2, 0.25) is 0 Å². The molecule has 0 spiro atoms. The molecule has 2 unspecified atom stereocenters. The van der Waals surface area contributed by atoms with E-state index in [-0.39, 0.29) is 28.9 Å². The van der Waals surface area contributed by atoms with Gasteiger partial charge in [0.15, 0.2) is 0 Å². The fourth-order valence-electron chi connectivity index (χ4n) is 3.41. The van der Waals surface area contributed by atoms with Gasteiger partial charge >= 0.3 is 12.3 Å². The molecule has 1 fully saturated rings. The first-order chi connectivity index (χ1) is 11.4. The molecule has 0 saturated carbocycles. The van der Waals surface area contributed by atoms with Crippen molar-refractivity contribution in [2.45, 2.75) is 51.9 Å². The number of amides is 1. The van der Waals surface area contributed by atoms with Crippen LogP contribution in [-0.4, -0.2) is 29.8 Å². The molecule has 4 N–H and O–H groups in total. The molecule has 1 amide bonds. The zero-order valence-corrected chi connectivity index (χ0v) is 14.5. The van der Waals surface area contributed by atoms with E-state index in [0.717, 1.165) is 6.07 Å². The largest absolute Gasteiger partial charge is 0.465 e. The second-order valence-electron chi connectivity index (χ2n) is 7.52. The Bertz CT molecular complexity index is 641. The number of nitrogen functional groups attached to an aromatic ring is 1. The molecule has 25 heavy (non-hydrogen) atoms. The minimum Gasteiger partial charge on any atom is -0.465 e. The van der Waals surface area contributed by atoms with E-state index in [4.69, 9.17) is 10.8 Å². The van der Waals surface area contributed by atoms with Gasteiger partial charge < -0.3 is 21.1 Å². The number of nitrogens with two attached hydrogens (primary N) is 1. The van der Waals surface area contributed by atoms with E-state index in [2.05, 4.69) is 5.32 Å². The van der Waals surface area contributed by atoms with Crippen LogP contribution in [0, 0.1) is 5.41 Å². The van der Waals surface area contributed by atoms with Gasteiger partial charge in [0, 0.05) is 30.0 Å². The van der Waals surface area contributed by atoms with Gasteiger partial charge in [0.25, 0.3) is 0 Å². The van der Waals surface area contributed by atoms with E-state index in [1.807, 2.05) is 20.8 Å². The number of alkyl halides is 3. The van der Waals surface area contributed by atoms with Crippen molar-refractivity contribution in [3.63, 3.8) is 0 Å². The quantitative estimate of drug-likeness (QED) is 0.699. The number of nitrogens with zero attached hydrogens (tertiary/aromatic N) is 1. The molecule has 1 aromatic rings. The molecular weight excluding hydrogens is 335 g/mol. The highest BCUT2D eigenvalue weighted by Gasteiger charge is 2.41. The molecule has 8 heteroatoms.